The van der Waals surface area contributed by atoms with E-state index in [0.29, 0.717) is 17.7 Å². The molecule has 0 aliphatic heterocycles. The van der Waals surface area contributed by atoms with Gasteiger partial charge in [-0.1, -0.05) is 39.5 Å². The lowest BCUT2D eigenvalue weighted by Gasteiger charge is -2.16. The van der Waals surface area contributed by atoms with Gasteiger partial charge in [-0.15, -0.1) is 0 Å². The van der Waals surface area contributed by atoms with Crippen LogP contribution in [-0.4, -0.2) is 18.8 Å². The molecular formula is C25H35F3N2O2. The number of carbonyl (C=O) groups excluding carboxylic acids is 1. The molecule has 1 atom stereocenters. The first-order valence-corrected chi connectivity index (χ1v) is 10.5. The second kappa shape index (κ2) is 13.6. The Balaban J connectivity index is 0.00000466. The molecule has 0 saturated carbocycles. The molecule has 0 spiro atoms. The van der Waals surface area contributed by atoms with E-state index < -0.39 is 23.3 Å². The molecule has 0 amide bonds. The number of halogens is 3. The van der Waals surface area contributed by atoms with Crippen molar-refractivity contribution in [3.8, 4) is 0 Å². The van der Waals surface area contributed by atoms with Gasteiger partial charge in [0.15, 0.2) is 0 Å². The number of nitrogens with zero attached hydrogens (tertiary/aromatic N) is 1. The molecule has 0 heterocycles. The van der Waals surface area contributed by atoms with Gasteiger partial charge in [0.2, 0.25) is 0 Å². The van der Waals surface area contributed by atoms with Gasteiger partial charge in [0.25, 0.3) is 0 Å². The fourth-order valence-electron chi connectivity index (χ4n) is 2.94. The van der Waals surface area contributed by atoms with E-state index in [0.717, 1.165) is 36.5 Å². The molecule has 1 aromatic rings. The fraction of sp³-hybridized carbons (Fsp3) is 0.440. The number of rotatable bonds is 8. The molecule has 178 valence electrons. The number of alkyl halides is 3. The third-order valence-electron chi connectivity index (χ3n) is 4.91. The van der Waals surface area contributed by atoms with Crippen LogP contribution in [0, 0.1) is 5.92 Å². The molecule has 1 rings (SSSR count). The van der Waals surface area contributed by atoms with Crippen molar-refractivity contribution in [2.75, 3.05) is 7.11 Å². The summed E-state index contributed by atoms with van der Waals surface area (Å²) in [7, 11) is 1.05. The van der Waals surface area contributed by atoms with Crippen molar-refractivity contribution in [1.29, 1.82) is 0 Å². The summed E-state index contributed by atoms with van der Waals surface area (Å²) in [6, 6.07) is 3.48. The van der Waals surface area contributed by atoms with Crippen LogP contribution in [0.4, 0.5) is 13.2 Å². The Morgan fingerprint density at radius 3 is 2.31 bits per heavy atom. The summed E-state index contributed by atoms with van der Waals surface area (Å²) in [5, 5.41) is 0. The van der Waals surface area contributed by atoms with Crippen molar-refractivity contribution < 1.29 is 22.7 Å². The van der Waals surface area contributed by atoms with E-state index >= 15 is 0 Å². The number of ether oxygens (including phenoxy) is 1. The van der Waals surface area contributed by atoms with Crippen LogP contribution < -0.4 is 5.73 Å². The highest BCUT2D eigenvalue weighted by Crippen LogP contribution is 2.33. The molecule has 1 aromatic carbocycles. The van der Waals surface area contributed by atoms with E-state index in [2.05, 4.69) is 16.3 Å². The number of carbonyl (C=O) groups is 1. The zero-order chi connectivity index (χ0) is 25.1. The van der Waals surface area contributed by atoms with Crippen LogP contribution in [0.2, 0.25) is 0 Å². The maximum atomic E-state index is 13.2. The topological polar surface area (TPSA) is 64.7 Å². The molecule has 0 aliphatic carbocycles. The molecule has 0 fully saturated rings. The van der Waals surface area contributed by atoms with Crippen LogP contribution in [0.1, 0.15) is 69.4 Å². The van der Waals surface area contributed by atoms with Gasteiger partial charge in [0.05, 0.1) is 18.2 Å². The monoisotopic (exact) mass is 452 g/mol. The highest BCUT2D eigenvalue weighted by molar-refractivity contribution is 5.91. The summed E-state index contributed by atoms with van der Waals surface area (Å²) in [4.78, 5) is 16.1. The molecule has 32 heavy (non-hydrogen) atoms. The third kappa shape index (κ3) is 8.73. The molecular weight excluding hydrogens is 417 g/mol. The van der Waals surface area contributed by atoms with Gasteiger partial charge in [-0.3, -0.25) is 4.99 Å². The number of nitrogens with two attached hydrogens (primary N) is 1. The average Bonchev–Trinajstić information content (AvgIpc) is 2.75. The predicted octanol–water partition coefficient (Wildman–Crippen LogP) is 6.87. The fourth-order valence-corrected chi connectivity index (χ4v) is 2.94. The first kappa shape index (κ1) is 29.2. The number of methoxy groups -OCH3 is 1. The van der Waals surface area contributed by atoms with Gasteiger partial charge in [-0.2, -0.15) is 13.2 Å². The second-order valence-electron chi connectivity index (χ2n) is 7.18. The summed E-state index contributed by atoms with van der Waals surface area (Å²) in [6.07, 6.45) is -0.0977. The highest BCUT2D eigenvalue weighted by atomic mass is 19.4. The molecule has 0 aromatic heterocycles. The maximum Gasteiger partial charge on any atom is 0.417 e. The summed E-state index contributed by atoms with van der Waals surface area (Å²) < 4.78 is 44.2. The summed E-state index contributed by atoms with van der Waals surface area (Å²) >= 11 is 0. The first-order chi connectivity index (χ1) is 14.9. The largest absolute Gasteiger partial charge is 0.465 e. The van der Waals surface area contributed by atoms with E-state index in [9.17, 15) is 18.0 Å². The SMILES string of the molecule is C=CN=C(C)C(C)C/C=C(C)/C(Cc1ccc(C(F)(F)F)c(C(=O)OC)c1)=C(\C)N.CC. The Labute approximate surface area is 189 Å². The number of esters is 1. The van der Waals surface area contributed by atoms with Crippen LogP contribution in [-0.2, 0) is 17.3 Å². The van der Waals surface area contributed by atoms with Crippen molar-refractivity contribution in [2.24, 2.45) is 16.6 Å². The standard InChI is InChI=1S/C23H29F3N2O2.C2H6/c1-7-28-17(5)14(2)8-9-15(3)19(16(4)27)12-18-10-11-21(23(24,25)26)20(13-18)22(29)30-6;1-2/h7,9-11,13-14H,1,8,12,27H2,2-6H3;1-2H3/b15-9+,19-16+,28-17?;. The number of hydrogen-bond acceptors (Lipinski definition) is 4. The molecule has 0 saturated heterocycles. The van der Waals surface area contributed by atoms with Gasteiger partial charge in [0.1, 0.15) is 0 Å². The quantitative estimate of drug-likeness (QED) is 0.266. The van der Waals surface area contributed by atoms with Crippen LogP contribution in [0.5, 0.6) is 0 Å². The summed E-state index contributed by atoms with van der Waals surface area (Å²) in [6.45, 7) is 15.2. The first-order valence-electron chi connectivity index (χ1n) is 10.5. The molecule has 0 bridgehead atoms. The molecule has 1 unspecified atom stereocenters. The van der Waals surface area contributed by atoms with Gasteiger partial charge in [0, 0.05) is 17.6 Å². The van der Waals surface area contributed by atoms with Crippen molar-refractivity contribution in [3.63, 3.8) is 0 Å². The zero-order valence-corrected chi connectivity index (χ0v) is 20.1. The Hall–Kier alpha value is -2.83. The highest BCUT2D eigenvalue weighted by Gasteiger charge is 2.35. The Morgan fingerprint density at radius 2 is 1.84 bits per heavy atom. The van der Waals surface area contributed by atoms with Gasteiger partial charge in [-0.05, 0) is 68.4 Å². The lowest BCUT2D eigenvalue weighted by atomic mass is 9.92. The van der Waals surface area contributed by atoms with Crippen molar-refractivity contribution in [2.45, 2.75) is 60.6 Å². The lowest BCUT2D eigenvalue weighted by Crippen LogP contribution is -2.15. The summed E-state index contributed by atoms with van der Waals surface area (Å²) in [5.74, 6) is -0.827. The van der Waals surface area contributed by atoms with Gasteiger partial charge < -0.3 is 10.5 Å². The predicted molar refractivity (Wildman–Crippen MR) is 126 cm³/mol. The average molecular weight is 453 g/mol. The van der Waals surface area contributed by atoms with E-state index in [1.165, 1.54) is 18.3 Å². The minimum atomic E-state index is -4.65. The third-order valence-corrected chi connectivity index (χ3v) is 4.91. The van der Waals surface area contributed by atoms with E-state index in [-0.39, 0.29) is 5.92 Å². The van der Waals surface area contributed by atoms with Gasteiger partial charge >= 0.3 is 12.1 Å². The van der Waals surface area contributed by atoms with E-state index in [1.54, 1.807) is 6.92 Å². The number of allylic oxidation sites excluding steroid dienone is 4. The molecule has 7 heteroatoms. The van der Waals surface area contributed by atoms with E-state index in [1.807, 2.05) is 40.7 Å². The van der Waals surface area contributed by atoms with Crippen molar-refractivity contribution in [1.82, 2.24) is 0 Å². The minimum Gasteiger partial charge on any atom is -0.465 e. The van der Waals surface area contributed by atoms with Crippen LogP contribution in [0.25, 0.3) is 0 Å². The molecule has 0 aliphatic rings. The van der Waals surface area contributed by atoms with Crippen molar-refractivity contribution >= 4 is 11.7 Å². The van der Waals surface area contributed by atoms with Crippen LogP contribution in [0.3, 0.4) is 0 Å². The Bertz CT molecular complexity index is 878. The maximum absolute atomic E-state index is 13.2. The van der Waals surface area contributed by atoms with Crippen LogP contribution >= 0.6 is 0 Å². The summed E-state index contributed by atoms with van der Waals surface area (Å²) in [5.41, 5.74) is 8.30. The minimum absolute atomic E-state index is 0.203. The lowest BCUT2D eigenvalue weighted by molar-refractivity contribution is -0.138. The number of hydrogen-bond donors (Lipinski definition) is 1. The normalized spacial score (nSPS) is 14.1. The molecule has 4 nitrogen and oxygen atoms in total. The second-order valence-corrected chi connectivity index (χ2v) is 7.18. The zero-order valence-electron chi connectivity index (χ0n) is 20.1. The molecule has 2 N–H and O–H groups in total. The smallest absolute Gasteiger partial charge is 0.417 e. The Morgan fingerprint density at radius 1 is 1.25 bits per heavy atom. The van der Waals surface area contributed by atoms with Gasteiger partial charge in [-0.25, -0.2) is 4.79 Å². The Kier molecular flexibility index (Phi) is 12.4. The van der Waals surface area contributed by atoms with E-state index in [4.69, 9.17) is 5.73 Å². The van der Waals surface area contributed by atoms with Crippen molar-refractivity contribution in [3.05, 3.63) is 70.6 Å². The van der Waals surface area contributed by atoms with Crippen LogP contribution in [0.15, 0.2) is 58.9 Å². The molecule has 0 radical (unpaired) electrons. The number of aliphatic imine (C=N–C) groups is 1. The number of benzene rings is 1.